The number of nitrogens with zero attached hydrogens (tertiary/aromatic N) is 4. The highest BCUT2D eigenvalue weighted by Crippen LogP contribution is 2.42. The van der Waals surface area contributed by atoms with E-state index in [0.717, 1.165) is 11.4 Å². The lowest BCUT2D eigenvalue weighted by molar-refractivity contribution is 0.640. The summed E-state index contributed by atoms with van der Waals surface area (Å²) in [6, 6.07) is 84.9. The molecule has 0 aliphatic carbocycles. The molecule has 316 valence electrons. The van der Waals surface area contributed by atoms with Crippen LogP contribution in [0.5, 0.6) is 0 Å². The van der Waals surface area contributed by atoms with E-state index in [1.165, 1.54) is 110 Å². The molecule has 0 saturated carbocycles. The Bertz CT molecular complexity index is 3980. The summed E-state index contributed by atoms with van der Waals surface area (Å²) in [7, 11) is 0. The Kier molecular flexibility index (Phi) is 8.00. The van der Waals surface area contributed by atoms with E-state index in [4.69, 9.17) is 0 Å². The van der Waals surface area contributed by atoms with Crippen LogP contribution in [-0.2, 0) is 5.41 Å². The van der Waals surface area contributed by atoms with E-state index in [1.54, 1.807) is 0 Å². The zero-order valence-corrected chi connectivity index (χ0v) is 37.2. The zero-order chi connectivity index (χ0) is 44.4. The minimum absolute atomic E-state index is 0.241. The largest absolute Gasteiger partial charge is 0.309 e. The van der Waals surface area contributed by atoms with E-state index >= 15 is 0 Å². The van der Waals surface area contributed by atoms with Crippen LogP contribution in [0.1, 0.15) is 25.0 Å². The number of benzene rings is 10. The Balaban J connectivity index is 0.860. The Labute approximate surface area is 387 Å². The fourth-order valence-corrected chi connectivity index (χ4v) is 11.3. The highest BCUT2D eigenvalue weighted by atomic mass is 15.0. The van der Waals surface area contributed by atoms with Gasteiger partial charge in [-0.05, 0) is 108 Å². The first-order valence-electron chi connectivity index (χ1n) is 23.3. The smallest absolute Gasteiger partial charge is 0.0548 e. The van der Waals surface area contributed by atoms with Crippen molar-refractivity contribution in [1.82, 2.24) is 18.3 Å². The van der Waals surface area contributed by atoms with E-state index in [0.29, 0.717) is 0 Å². The summed E-state index contributed by atoms with van der Waals surface area (Å²) >= 11 is 0. The van der Waals surface area contributed by atoms with Crippen molar-refractivity contribution in [2.75, 3.05) is 0 Å². The fraction of sp³-hybridized carbons (Fsp3) is 0.0476. The average molecular weight is 857 g/mol. The Morgan fingerprint density at radius 2 is 0.463 bits per heavy atom. The molecule has 0 N–H and O–H groups in total. The third-order valence-electron chi connectivity index (χ3n) is 14.7. The summed E-state index contributed by atoms with van der Waals surface area (Å²) in [6.45, 7) is 4.69. The quantitative estimate of drug-likeness (QED) is 0.159. The van der Waals surface area contributed by atoms with Crippen LogP contribution in [0.4, 0.5) is 0 Å². The van der Waals surface area contributed by atoms with E-state index in [-0.39, 0.29) is 5.41 Å². The molecule has 4 heterocycles. The molecule has 0 saturated heterocycles. The third-order valence-corrected chi connectivity index (χ3v) is 14.7. The van der Waals surface area contributed by atoms with Crippen molar-refractivity contribution in [3.05, 3.63) is 242 Å². The monoisotopic (exact) mass is 856 g/mol. The lowest BCUT2D eigenvalue weighted by Crippen LogP contribution is -2.19. The summed E-state index contributed by atoms with van der Waals surface area (Å²) in [5, 5.41) is 10.0. The first kappa shape index (κ1) is 37.7. The highest BCUT2D eigenvalue weighted by Gasteiger charge is 2.25. The SMILES string of the molecule is CC(C)(c1ccc(-n2c3ccccc3c3cc4c(cc32)c2ccccc2n4-c2ccccc2)cc1)c1ccc(-n2c3ccccc3c3cc4c(cc32)c2ccccc2n4-c2ccccc2)cc1. The molecule has 0 bridgehead atoms. The van der Waals surface area contributed by atoms with Crippen molar-refractivity contribution in [3.8, 4) is 22.7 Å². The van der Waals surface area contributed by atoms with Crippen molar-refractivity contribution >= 4 is 87.2 Å². The number of rotatable bonds is 6. The van der Waals surface area contributed by atoms with E-state index in [2.05, 4.69) is 263 Å². The maximum atomic E-state index is 2.45. The van der Waals surface area contributed by atoms with Crippen LogP contribution in [0.3, 0.4) is 0 Å². The molecule has 4 nitrogen and oxygen atoms in total. The predicted octanol–water partition coefficient (Wildman–Crippen LogP) is 16.4. The molecule has 4 heteroatoms. The third kappa shape index (κ3) is 5.47. The van der Waals surface area contributed by atoms with Gasteiger partial charge < -0.3 is 18.3 Å². The lowest BCUT2D eigenvalue weighted by atomic mass is 9.78. The van der Waals surface area contributed by atoms with Crippen molar-refractivity contribution in [2.45, 2.75) is 19.3 Å². The van der Waals surface area contributed by atoms with Crippen molar-refractivity contribution in [1.29, 1.82) is 0 Å². The Hall–Kier alpha value is -8.60. The average Bonchev–Trinajstić information content (AvgIpc) is 4.10. The molecular formula is C63H44N4. The van der Waals surface area contributed by atoms with Gasteiger partial charge in [0.15, 0.2) is 0 Å². The van der Waals surface area contributed by atoms with Crippen LogP contribution in [-0.4, -0.2) is 18.3 Å². The lowest BCUT2D eigenvalue weighted by Gasteiger charge is -2.27. The predicted molar refractivity (Wildman–Crippen MR) is 282 cm³/mol. The van der Waals surface area contributed by atoms with Gasteiger partial charge in [-0.1, -0.05) is 147 Å². The van der Waals surface area contributed by atoms with Crippen LogP contribution in [0.2, 0.25) is 0 Å². The molecular weight excluding hydrogens is 813 g/mol. The van der Waals surface area contributed by atoms with Gasteiger partial charge >= 0.3 is 0 Å². The van der Waals surface area contributed by atoms with Crippen LogP contribution in [0.15, 0.2) is 231 Å². The van der Waals surface area contributed by atoms with E-state index < -0.39 is 0 Å². The summed E-state index contributed by atoms with van der Waals surface area (Å²) < 4.78 is 9.71. The summed E-state index contributed by atoms with van der Waals surface area (Å²) in [5.41, 5.74) is 16.6. The molecule has 0 radical (unpaired) electrons. The minimum Gasteiger partial charge on any atom is -0.309 e. The van der Waals surface area contributed by atoms with Crippen molar-refractivity contribution in [2.24, 2.45) is 0 Å². The molecule has 4 aromatic heterocycles. The molecule has 0 aliphatic rings. The first-order valence-corrected chi connectivity index (χ1v) is 23.3. The van der Waals surface area contributed by atoms with Gasteiger partial charge in [0.05, 0.1) is 44.1 Å². The maximum Gasteiger partial charge on any atom is 0.0548 e. The summed E-state index contributed by atoms with van der Waals surface area (Å²) in [4.78, 5) is 0. The molecule has 0 atom stereocenters. The second-order valence-electron chi connectivity index (χ2n) is 18.6. The normalized spacial score (nSPS) is 12.3. The van der Waals surface area contributed by atoms with Gasteiger partial charge in [0.25, 0.3) is 0 Å². The van der Waals surface area contributed by atoms with Crippen LogP contribution >= 0.6 is 0 Å². The minimum atomic E-state index is -0.241. The highest BCUT2D eigenvalue weighted by molar-refractivity contribution is 6.20. The molecule has 14 rings (SSSR count). The van der Waals surface area contributed by atoms with Gasteiger partial charge in [0.2, 0.25) is 0 Å². The molecule has 0 unspecified atom stereocenters. The molecule has 0 spiro atoms. The Morgan fingerprint density at radius 1 is 0.224 bits per heavy atom. The van der Waals surface area contributed by atoms with E-state index in [1.807, 2.05) is 0 Å². The van der Waals surface area contributed by atoms with Gasteiger partial charge in [-0.15, -0.1) is 0 Å². The summed E-state index contributed by atoms with van der Waals surface area (Å²) in [6.07, 6.45) is 0. The van der Waals surface area contributed by atoms with Crippen molar-refractivity contribution in [3.63, 3.8) is 0 Å². The number of fused-ring (bicyclic) bond motifs is 12. The van der Waals surface area contributed by atoms with Crippen molar-refractivity contribution < 1.29 is 0 Å². The topological polar surface area (TPSA) is 19.7 Å². The standard InChI is InChI=1S/C63H44N4/c1-63(2,41-29-33-45(34-30-41)66-57-27-15-11-23-49(57)53-37-59-51(39-61(53)66)47-21-9-13-25-55(47)64(59)43-17-5-3-6-18-43)42-31-35-46(36-32-42)67-58-28-16-12-24-50(58)54-38-60-52(40-62(54)67)48-22-10-14-26-56(48)65(60)44-19-7-4-8-20-44/h3-40H,1-2H3. The molecule has 10 aromatic carbocycles. The van der Waals surface area contributed by atoms with Crippen LogP contribution in [0, 0.1) is 0 Å². The van der Waals surface area contributed by atoms with Crippen LogP contribution in [0.25, 0.3) is 110 Å². The fourth-order valence-electron chi connectivity index (χ4n) is 11.3. The number of hydrogen-bond donors (Lipinski definition) is 0. The second-order valence-corrected chi connectivity index (χ2v) is 18.6. The zero-order valence-electron chi connectivity index (χ0n) is 37.2. The molecule has 0 amide bonds. The summed E-state index contributed by atoms with van der Waals surface area (Å²) in [5.74, 6) is 0. The molecule has 67 heavy (non-hydrogen) atoms. The maximum absolute atomic E-state index is 2.45. The number of hydrogen-bond acceptors (Lipinski definition) is 0. The van der Waals surface area contributed by atoms with Gasteiger partial charge in [0, 0.05) is 71.3 Å². The molecule has 0 fully saturated rings. The van der Waals surface area contributed by atoms with Crippen LogP contribution < -0.4 is 0 Å². The number of aromatic nitrogens is 4. The second kappa shape index (κ2) is 14.2. The van der Waals surface area contributed by atoms with Gasteiger partial charge in [-0.3, -0.25) is 0 Å². The number of para-hydroxylation sites is 6. The van der Waals surface area contributed by atoms with Gasteiger partial charge in [-0.25, -0.2) is 0 Å². The van der Waals surface area contributed by atoms with Gasteiger partial charge in [0.1, 0.15) is 0 Å². The Morgan fingerprint density at radius 3 is 0.746 bits per heavy atom. The van der Waals surface area contributed by atoms with E-state index in [9.17, 15) is 0 Å². The molecule has 14 aromatic rings. The first-order chi connectivity index (χ1) is 33.0. The van der Waals surface area contributed by atoms with Gasteiger partial charge in [-0.2, -0.15) is 0 Å². The molecule has 0 aliphatic heterocycles.